The van der Waals surface area contributed by atoms with E-state index < -0.39 is 30.0 Å². The minimum atomic E-state index is -0.978. The fourth-order valence-corrected chi connectivity index (χ4v) is 4.96. The van der Waals surface area contributed by atoms with Gasteiger partial charge in [-0.15, -0.1) is 0 Å². The molecule has 4 rings (SSSR count). The fourth-order valence-electron chi connectivity index (χ4n) is 4.96. The summed E-state index contributed by atoms with van der Waals surface area (Å²) in [6.45, 7) is 5.33. The van der Waals surface area contributed by atoms with Crippen molar-refractivity contribution in [3.63, 3.8) is 0 Å². The molecule has 1 aromatic heterocycles. The lowest BCUT2D eigenvalue weighted by molar-refractivity contribution is -0.151. The molecule has 0 saturated heterocycles. The van der Waals surface area contributed by atoms with Crippen molar-refractivity contribution in [2.75, 3.05) is 7.11 Å². The number of esters is 2. The molecule has 0 aliphatic heterocycles. The maximum Gasteiger partial charge on any atom is 0.328 e. The first kappa shape index (κ1) is 27.8. The Labute approximate surface area is 228 Å². The summed E-state index contributed by atoms with van der Waals surface area (Å²) in [4.78, 5) is 43.2. The van der Waals surface area contributed by atoms with Crippen molar-refractivity contribution in [2.24, 2.45) is 5.92 Å². The van der Waals surface area contributed by atoms with Crippen LogP contribution >= 0.6 is 0 Å². The van der Waals surface area contributed by atoms with Crippen LogP contribution in [0.15, 0.2) is 66.9 Å². The zero-order chi connectivity index (χ0) is 27.9. The van der Waals surface area contributed by atoms with Gasteiger partial charge >= 0.3 is 11.9 Å². The third-order valence-electron chi connectivity index (χ3n) is 7.14. The quantitative estimate of drug-likeness (QED) is 0.374. The number of hydrogen-bond acceptors (Lipinski definition) is 7. The zero-order valence-electron chi connectivity index (χ0n) is 22.7. The van der Waals surface area contributed by atoms with Crippen molar-refractivity contribution in [1.29, 1.82) is 0 Å². The summed E-state index contributed by atoms with van der Waals surface area (Å²) in [6.07, 6.45) is 2.73. The highest BCUT2D eigenvalue weighted by atomic mass is 16.6. The normalized spacial score (nSPS) is 16.7. The van der Waals surface area contributed by atoms with Crippen LogP contribution in [-0.2, 0) is 20.7 Å². The number of nitrogens with zero attached hydrogens (tertiary/aromatic N) is 1. The molecule has 1 aliphatic carbocycles. The minimum absolute atomic E-state index is 0.0784. The molecule has 3 atom stereocenters. The summed E-state index contributed by atoms with van der Waals surface area (Å²) >= 11 is 0. The first-order chi connectivity index (χ1) is 18.9. The number of aromatic nitrogens is 1. The maximum absolute atomic E-state index is 13.2. The Bertz CT molecular complexity index is 1320. The number of amides is 1. The molecule has 1 heterocycles. The molecule has 3 aromatic rings. The van der Waals surface area contributed by atoms with E-state index in [4.69, 9.17) is 14.2 Å². The van der Waals surface area contributed by atoms with Gasteiger partial charge in [0.1, 0.15) is 12.1 Å². The molecule has 0 bridgehead atoms. The number of carbonyl (C=O) groups excluding carboxylic acids is 3. The third-order valence-corrected chi connectivity index (χ3v) is 7.14. The van der Waals surface area contributed by atoms with Crippen molar-refractivity contribution < 1.29 is 28.6 Å². The molecule has 204 valence electrons. The van der Waals surface area contributed by atoms with Gasteiger partial charge in [0.15, 0.2) is 11.4 Å². The molecule has 0 spiro atoms. The van der Waals surface area contributed by atoms with Gasteiger partial charge in [0.2, 0.25) is 5.75 Å². The number of nitrogens with one attached hydrogen (secondary N) is 1. The molecule has 8 heteroatoms. The largest absolute Gasteiger partial charge is 0.493 e. The smallest absolute Gasteiger partial charge is 0.328 e. The summed E-state index contributed by atoms with van der Waals surface area (Å²) in [5.74, 6) is -2.04. The van der Waals surface area contributed by atoms with E-state index in [0.717, 1.165) is 16.7 Å². The Hall–Kier alpha value is -4.20. The fraction of sp³-hybridized carbons (Fsp3) is 0.355. The number of carbonyl (C=O) groups is 3. The number of rotatable bonds is 10. The highest BCUT2D eigenvalue weighted by molar-refractivity contribution is 5.98. The SMILES string of the molecule is CCC(CC)C(=O)Oc1c(OC)ccnc1C(=O)N[C@@H](C)C(=O)OC1Cc2ccccc2C1c1ccccc1. The second kappa shape index (κ2) is 12.6. The molecule has 0 fully saturated rings. The lowest BCUT2D eigenvalue weighted by atomic mass is 9.91. The highest BCUT2D eigenvalue weighted by Crippen LogP contribution is 2.40. The molecule has 2 unspecified atom stereocenters. The number of fused-ring (bicyclic) bond motifs is 1. The molecule has 1 amide bonds. The van der Waals surface area contributed by atoms with Crippen molar-refractivity contribution in [3.05, 3.63) is 89.2 Å². The van der Waals surface area contributed by atoms with E-state index >= 15 is 0 Å². The predicted molar refractivity (Wildman–Crippen MR) is 146 cm³/mol. The summed E-state index contributed by atoms with van der Waals surface area (Å²) in [5, 5.41) is 2.65. The van der Waals surface area contributed by atoms with Crippen LogP contribution in [0.1, 0.15) is 66.7 Å². The van der Waals surface area contributed by atoms with Crippen LogP contribution in [0.5, 0.6) is 11.5 Å². The average molecular weight is 531 g/mol. The molecule has 39 heavy (non-hydrogen) atoms. The Kier molecular flexibility index (Phi) is 8.96. The number of methoxy groups -OCH3 is 1. The first-order valence-electron chi connectivity index (χ1n) is 13.3. The topological polar surface area (TPSA) is 104 Å². The predicted octanol–water partition coefficient (Wildman–Crippen LogP) is 4.85. The first-order valence-corrected chi connectivity index (χ1v) is 13.3. The van der Waals surface area contributed by atoms with Gasteiger partial charge in [0.25, 0.3) is 5.91 Å². The van der Waals surface area contributed by atoms with Gasteiger partial charge in [-0.05, 0) is 36.5 Å². The van der Waals surface area contributed by atoms with Gasteiger partial charge < -0.3 is 19.5 Å². The van der Waals surface area contributed by atoms with Crippen LogP contribution in [0.25, 0.3) is 0 Å². The summed E-state index contributed by atoms with van der Waals surface area (Å²) in [6, 6.07) is 18.5. The van der Waals surface area contributed by atoms with Crippen LogP contribution in [0.2, 0.25) is 0 Å². The van der Waals surface area contributed by atoms with Crippen LogP contribution in [-0.4, -0.2) is 42.1 Å². The number of benzene rings is 2. The third kappa shape index (κ3) is 6.11. The van der Waals surface area contributed by atoms with Gasteiger partial charge in [0.05, 0.1) is 13.0 Å². The molecule has 0 saturated carbocycles. The second-order valence-corrected chi connectivity index (χ2v) is 9.59. The monoisotopic (exact) mass is 530 g/mol. The van der Waals surface area contributed by atoms with E-state index in [1.165, 1.54) is 19.4 Å². The minimum Gasteiger partial charge on any atom is -0.493 e. The molecular formula is C31H34N2O6. The van der Waals surface area contributed by atoms with Crippen LogP contribution in [0.4, 0.5) is 0 Å². The second-order valence-electron chi connectivity index (χ2n) is 9.59. The lowest BCUT2D eigenvalue weighted by Gasteiger charge is -2.23. The van der Waals surface area contributed by atoms with Crippen LogP contribution in [0.3, 0.4) is 0 Å². The lowest BCUT2D eigenvalue weighted by Crippen LogP contribution is -2.42. The van der Waals surface area contributed by atoms with E-state index in [1.807, 2.05) is 62.4 Å². The van der Waals surface area contributed by atoms with Crippen LogP contribution in [0, 0.1) is 5.92 Å². The zero-order valence-corrected chi connectivity index (χ0v) is 22.7. The average Bonchev–Trinajstić information content (AvgIpc) is 3.31. The van der Waals surface area contributed by atoms with E-state index in [-0.39, 0.29) is 29.0 Å². The Morgan fingerprint density at radius 3 is 2.36 bits per heavy atom. The van der Waals surface area contributed by atoms with E-state index in [2.05, 4.69) is 16.4 Å². The molecule has 1 aliphatic rings. The number of hydrogen-bond donors (Lipinski definition) is 1. The summed E-state index contributed by atoms with van der Waals surface area (Å²) in [5.41, 5.74) is 3.17. The number of ether oxygens (including phenoxy) is 3. The van der Waals surface area contributed by atoms with E-state index in [1.54, 1.807) is 6.92 Å². The van der Waals surface area contributed by atoms with Gasteiger partial charge in [-0.1, -0.05) is 68.4 Å². The van der Waals surface area contributed by atoms with Gasteiger partial charge in [-0.25, -0.2) is 9.78 Å². The van der Waals surface area contributed by atoms with Gasteiger partial charge in [-0.2, -0.15) is 0 Å². The van der Waals surface area contributed by atoms with Crippen molar-refractivity contribution in [1.82, 2.24) is 10.3 Å². The molecule has 2 aromatic carbocycles. The van der Waals surface area contributed by atoms with Gasteiger partial charge in [0, 0.05) is 24.6 Å². The van der Waals surface area contributed by atoms with Crippen molar-refractivity contribution in [3.8, 4) is 11.5 Å². The highest BCUT2D eigenvalue weighted by Gasteiger charge is 2.37. The standard InChI is InChI=1S/C31H34N2O6/c1-5-20(6-2)31(36)39-28-24(37-4)16-17-32-27(28)29(34)33-19(3)30(35)38-25-18-22-14-10-11-15-23(22)26(25)21-12-8-7-9-13-21/h7-17,19-20,25-26H,5-6,18H2,1-4H3,(H,33,34)/t19-,25?,26?/m0/s1. The summed E-state index contributed by atoms with van der Waals surface area (Å²) < 4.78 is 16.9. The Morgan fingerprint density at radius 1 is 0.974 bits per heavy atom. The Morgan fingerprint density at radius 2 is 1.67 bits per heavy atom. The van der Waals surface area contributed by atoms with Gasteiger partial charge in [-0.3, -0.25) is 9.59 Å². The summed E-state index contributed by atoms with van der Waals surface area (Å²) in [7, 11) is 1.41. The van der Waals surface area contributed by atoms with E-state index in [0.29, 0.717) is 19.3 Å². The maximum atomic E-state index is 13.2. The van der Waals surface area contributed by atoms with E-state index in [9.17, 15) is 14.4 Å². The van der Waals surface area contributed by atoms with Crippen molar-refractivity contribution >= 4 is 17.8 Å². The van der Waals surface area contributed by atoms with Crippen molar-refractivity contribution in [2.45, 2.75) is 58.1 Å². The molecule has 0 radical (unpaired) electrons. The Balaban J connectivity index is 1.50. The molecule has 1 N–H and O–H groups in total. The number of pyridine rings is 1. The molecule has 8 nitrogen and oxygen atoms in total. The molecular weight excluding hydrogens is 496 g/mol. The van der Waals surface area contributed by atoms with Crippen LogP contribution < -0.4 is 14.8 Å².